The highest BCUT2D eigenvalue weighted by Gasteiger charge is 2.07. The van der Waals surface area contributed by atoms with Gasteiger partial charge in [0.1, 0.15) is 0 Å². The molecule has 1 heterocycles. The van der Waals surface area contributed by atoms with Crippen molar-refractivity contribution in [1.29, 1.82) is 0 Å². The van der Waals surface area contributed by atoms with E-state index in [0.29, 0.717) is 0 Å². The maximum atomic E-state index is 3.90. The third-order valence-corrected chi connectivity index (χ3v) is 3.25. The Morgan fingerprint density at radius 2 is 1.83 bits per heavy atom. The molecule has 0 radical (unpaired) electrons. The number of nitrogens with zero attached hydrogens (tertiary/aromatic N) is 1. The second-order valence-corrected chi connectivity index (χ2v) is 4.51. The molecule has 3 aromatic rings. The summed E-state index contributed by atoms with van der Waals surface area (Å²) in [5, 5.41) is 1.25. The SMILES string of the molecule is C=Cc1cn(-c2ccccc2)c2cc(C)ccc12. The summed E-state index contributed by atoms with van der Waals surface area (Å²) in [6, 6.07) is 16.9. The lowest BCUT2D eigenvalue weighted by atomic mass is 10.1. The first-order chi connectivity index (χ1) is 8.79. The Morgan fingerprint density at radius 1 is 1.06 bits per heavy atom. The van der Waals surface area contributed by atoms with Gasteiger partial charge in [-0.1, -0.05) is 43.0 Å². The molecule has 0 N–H and O–H groups in total. The van der Waals surface area contributed by atoms with E-state index >= 15 is 0 Å². The summed E-state index contributed by atoms with van der Waals surface area (Å²) in [5.41, 5.74) is 4.86. The zero-order valence-corrected chi connectivity index (χ0v) is 10.4. The molecule has 0 amide bonds. The summed E-state index contributed by atoms with van der Waals surface area (Å²) in [6.45, 7) is 6.02. The minimum atomic E-state index is 1.17. The number of para-hydroxylation sites is 1. The summed E-state index contributed by atoms with van der Waals surface area (Å²) >= 11 is 0. The van der Waals surface area contributed by atoms with Gasteiger partial charge in [-0.15, -0.1) is 0 Å². The Bertz CT molecular complexity index is 705. The molecule has 1 nitrogen and oxygen atoms in total. The van der Waals surface area contributed by atoms with Crippen molar-refractivity contribution >= 4 is 17.0 Å². The Kier molecular flexibility index (Phi) is 2.52. The molecule has 1 heteroatoms. The maximum absolute atomic E-state index is 3.90. The zero-order valence-electron chi connectivity index (χ0n) is 10.4. The largest absolute Gasteiger partial charge is 0.316 e. The Hall–Kier alpha value is -2.28. The molecular weight excluding hydrogens is 218 g/mol. The summed E-state index contributed by atoms with van der Waals surface area (Å²) < 4.78 is 2.22. The van der Waals surface area contributed by atoms with Crippen molar-refractivity contribution in [3.05, 3.63) is 72.4 Å². The van der Waals surface area contributed by atoms with Gasteiger partial charge in [-0.05, 0) is 36.2 Å². The van der Waals surface area contributed by atoms with Crippen LogP contribution < -0.4 is 0 Å². The predicted molar refractivity (Wildman–Crippen MR) is 78.1 cm³/mol. The monoisotopic (exact) mass is 233 g/mol. The normalized spacial score (nSPS) is 10.7. The molecule has 0 saturated heterocycles. The fourth-order valence-corrected chi connectivity index (χ4v) is 2.33. The number of fused-ring (bicyclic) bond motifs is 1. The molecule has 0 aliphatic heterocycles. The minimum absolute atomic E-state index is 1.17. The van der Waals surface area contributed by atoms with Crippen LogP contribution in [0.2, 0.25) is 0 Å². The molecule has 2 aromatic carbocycles. The van der Waals surface area contributed by atoms with Gasteiger partial charge in [0.05, 0.1) is 5.52 Å². The number of rotatable bonds is 2. The van der Waals surface area contributed by atoms with Gasteiger partial charge >= 0.3 is 0 Å². The third-order valence-electron chi connectivity index (χ3n) is 3.25. The van der Waals surface area contributed by atoms with Gasteiger partial charge < -0.3 is 4.57 Å². The van der Waals surface area contributed by atoms with E-state index in [-0.39, 0.29) is 0 Å². The number of hydrogen-bond acceptors (Lipinski definition) is 0. The van der Waals surface area contributed by atoms with E-state index in [2.05, 4.69) is 66.7 Å². The second kappa shape index (κ2) is 4.19. The number of aryl methyl sites for hydroxylation is 1. The highest BCUT2D eigenvalue weighted by Crippen LogP contribution is 2.26. The lowest BCUT2D eigenvalue weighted by molar-refractivity contribution is 1.12. The van der Waals surface area contributed by atoms with E-state index in [9.17, 15) is 0 Å². The van der Waals surface area contributed by atoms with Gasteiger partial charge in [0, 0.05) is 17.3 Å². The van der Waals surface area contributed by atoms with Crippen LogP contribution in [0, 0.1) is 6.92 Å². The molecule has 0 aliphatic carbocycles. The van der Waals surface area contributed by atoms with E-state index in [1.165, 1.54) is 27.7 Å². The molecule has 0 aliphatic rings. The number of aromatic nitrogens is 1. The Balaban J connectivity index is 2.36. The van der Waals surface area contributed by atoms with Crippen LogP contribution in [0.25, 0.3) is 22.7 Å². The first-order valence-corrected chi connectivity index (χ1v) is 6.09. The molecule has 0 bridgehead atoms. The molecule has 18 heavy (non-hydrogen) atoms. The quantitative estimate of drug-likeness (QED) is 0.610. The van der Waals surface area contributed by atoms with Crippen LogP contribution in [0.15, 0.2) is 61.3 Å². The zero-order chi connectivity index (χ0) is 12.5. The van der Waals surface area contributed by atoms with Gasteiger partial charge in [-0.25, -0.2) is 0 Å². The summed E-state index contributed by atoms with van der Waals surface area (Å²) in [6.07, 6.45) is 4.06. The van der Waals surface area contributed by atoms with Crippen molar-refractivity contribution in [2.75, 3.05) is 0 Å². The van der Waals surface area contributed by atoms with Crippen molar-refractivity contribution < 1.29 is 0 Å². The highest BCUT2D eigenvalue weighted by molar-refractivity contribution is 5.91. The second-order valence-electron chi connectivity index (χ2n) is 4.51. The van der Waals surface area contributed by atoms with E-state index in [1.807, 2.05) is 12.1 Å². The number of hydrogen-bond donors (Lipinski definition) is 0. The lowest BCUT2D eigenvalue weighted by Crippen LogP contribution is -1.90. The summed E-state index contributed by atoms with van der Waals surface area (Å²) in [5.74, 6) is 0. The van der Waals surface area contributed by atoms with Crippen molar-refractivity contribution in [2.45, 2.75) is 6.92 Å². The first-order valence-electron chi connectivity index (χ1n) is 6.09. The minimum Gasteiger partial charge on any atom is -0.316 e. The van der Waals surface area contributed by atoms with E-state index in [4.69, 9.17) is 0 Å². The molecule has 0 saturated carbocycles. The summed E-state index contributed by atoms with van der Waals surface area (Å²) in [7, 11) is 0. The fraction of sp³-hybridized carbons (Fsp3) is 0.0588. The molecule has 3 rings (SSSR count). The molecular formula is C17H15N. The van der Waals surface area contributed by atoms with Crippen LogP contribution >= 0.6 is 0 Å². The average molecular weight is 233 g/mol. The topological polar surface area (TPSA) is 4.93 Å². The van der Waals surface area contributed by atoms with Crippen LogP contribution in [-0.4, -0.2) is 4.57 Å². The molecule has 1 aromatic heterocycles. The van der Waals surface area contributed by atoms with Gasteiger partial charge in [0.2, 0.25) is 0 Å². The van der Waals surface area contributed by atoms with Crippen LogP contribution in [-0.2, 0) is 0 Å². The van der Waals surface area contributed by atoms with E-state index < -0.39 is 0 Å². The van der Waals surface area contributed by atoms with E-state index in [1.54, 1.807) is 0 Å². The Morgan fingerprint density at radius 3 is 2.56 bits per heavy atom. The lowest BCUT2D eigenvalue weighted by Gasteiger charge is -2.05. The van der Waals surface area contributed by atoms with Gasteiger partial charge in [0.15, 0.2) is 0 Å². The standard InChI is InChI=1S/C17H15N/c1-3-14-12-18(15-7-5-4-6-8-15)17-11-13(2)9-10-16(14)17/h3-12H,1H2,2H3. The first kappa shape index (κ1) is 10.8. The molecule has 0 fully saturated rings. The smallest absolute Gasteiger partial charge is 0.0537 e. The molecule has 88 valence electrons. The molecule has 0 spiro atoms. The highest BCUT2D eigenvalue weighted by atomic mass is 15.0. The molecule has 0 atom stereocenters. The van der Waals surface area contributed by atoms with Crippen molar-refractivity contribution in [1.82, 2.24) is 4.57 Å². The van der Waals surface area contributed by atoms with Crippen LogP contribution in [0.1, 0.15) is 11.1 Å². The average Bonchev–Trinajstić information content (AvgIpc) is 2.77. The van der Waals surface area contributed by atoms with Gasteiger partial charge in [0.25, 0.3) is 0 Å². The Labute approximate surface area is 107 Å². The maximum Gasteiger partial charge on any atom is 0.0537 e. The molecule has 0 unspecified atom stereocenters. The van der Waals surface area contributed by atoms with Crippen molar-refractivity contribution in [3.63, 3.8) is 0 Å². The predicted octanol–water partition coefficient (Wildman–Crippen LogP) is 4.58. The van der Waals surface area contributed by atoms with Gasteiger partial charge in [-0.3, -0.25) is 0 Å². The number of benzene rings is 2. The van der Waals surface area contributed by atoms with Crippen LogP contribution in [0.3, 0.4) is 0 Å². The van der Waals surface area contributed by atoms with Crippen LogP contribution in [0.5, 0.6) is 0 Å². The summed E-state index contributed by atoms with van der Waals surface area (Å²) in [4.78, 5) is 0. The van der Waals surface area contributed by atoms with Crippen molar-refractivity contribution in [2.24, 2.45) is 0 Å². The van der Waals surface area contributed by atoms with Crippen molar-refractivity contribution in [3.8, 4) is 5.69 Å². The van der Waals surface area contributed by atoms with Gasteiger partial charge in [-0.2, -0.15) is 0 Å². The van der Waals surface area contributed by atoms with E-state index in [0.717, 1.165) is 0 Å². The van der Waals surface area contributed by atoms with Crippen LogP contribution in [0.4, 0.5) is 0 Å². The fourth-order valence-electron chi connectivity index (χ4n) is 2.33. The third kappa shape index (κ3) is 1.65.